The number of carbonyl (C=O) groups is 1. The second-order valence-corrected chi connectivity index (χ2v) is 5.30. The van der Waals surface area contributed by atoms with Crippen molar-refractivity contribution < 1.29 is 18.0 Å². The number of alkyl halides is 3. The number of hydrogen-bond donors (Lipinski definition) is 1. The standard InChI is InChI=1S/C13H7BrClF3N2O/c14-10-2-1-7(5-9(10)13(16,17)18)12(21)20-11-6-8(15)3-4-19-11/h1-6H,(H,19,20,21). The average molecular weight is 380 g/mol. The van der Waals surface area contributed by atoms with Crippen molar-refractivity contribution in [3.05, 3.63) is 57.2 Å². The molecular weight excluding hydrogens is 373 g/mol. The summed E-state index contributed by atoms with van der Waals surface area (Å²) in [5.41, 5.74) is -1.05. The SMILES string of the molecule is O=C(Nc1cc(Cl)ccn1)c1ccc(Br)c(C(F)(F)F)c1. The number of anilines is 1. The predicted octanol–water partition coefficient (Wildman–Crippen LogP) is 4.77. The average Bonchev–Trinajstić information content (AvgIpc) is 2.37. The first kappa shape index (κ1) is 15.8. The minimum absolute atomic E-state index is 0.132. The van der Waals surface area contributed by atoms with E-state index in [9.17, 15) is 18.0 Å². The molecule has 0 aliphatic carbocycles. The molecule has 8 heteroatoms. The van der Waals surface area contributed by atoms with Crippen LogP contribution in [-0.4, -0.2) is 10.9 Å². The molecule has 3 nitrogen and oxygen atoms in total. The molecular formula is C13H7BrClF3N2O. The highest BCUT2D eigenvalue weighted by atomic mass is 79.9. The van der Waals surface area contributed by atoms with E-state index in [4.69, 9.17) is 11.6 Å². The summed E-state index contributed by atoms with van der Waals surface area (Å²) >= 11 is 8.54. The van der Waals surface area contributed by atoms with Gasteiger partial charge in [-0.15, -0.1) is 0 Å². The minimum atomic E-state index is -4.55. The molecule has 2 aromatic rings. The fourth-order valence-corrected chi connectivity index (χ4v) is 2.18. The van der Waals surface area contributed by atoms with E-state index in [-0.39, 0.29) is 15.9 Å². The Morgan fingerprint density at radius 3 is 2.57 bits per heavy atom. The van der Waals surface area contributed by atoms with Crippen LogP contribution in [-0.2, 0) is 6.18 Å². The summed E-state index contributed by atoms with van der Waals surface area (Å²) in [7, 11) is 0. The monoisotopic (exact) mass is 378 g/mol. The number of rotatable bonds is 2. The number of nitrogens with one attached hydrogen (secondary N) is 1. The van der Waals surface area contributed by atoms with Crippen molar-refractivity contribution >= 4 is 39.3 Å². The highest BCUT2D eigenvalue weighted by Gasteiger charge is 2.33. The van der Waals surface area contributed by atoms with E-state index in [1.807, 2.05) is 0 Å². The van der Waals surface area contributed by atoms with Crippen LogP contribution in [0.3, 0.4) is 0 Å². The topological polar surface area (TPSA) is 42.0 Å². The number of amides is 1. The quantitative estimate of drug-likeness (QED) is 0.817. The summed E-state index contributed by atoms with van der Waals surface area (Å²) in [5.74, 6) is -0.549. The van der Waals surface area contributed by atoms with Gasteiger partial charge >= 0.3 is 6.18 Å². The van der Waals surface area contributed by atoms with Crippen LogP contribution in [0.5, 0.6) is 0 Å². The first-order valence-electron chi connectivity index (χ1n) is 5.57. The van der Waals surface area contributed by atoms with Gasteiger partial charge in [0.2, 0.25) is 0 Å². The Hall–Kier alpha value is -1.60. The van der Waals surface area contributed by atoms with Crippen LogP contribution in [0.1, 0.15) is 15.9 Å². The van der Waals surface area contributed by atoms with Crippen molar-refractivity contribution in [3.63, 3.8) is 0 Å². The molecule has 1 heterocycles. The molecule has 0 saturated carbocycles. The Balaban J connectivity index is 2.28. The van der Waals surface area contributed by atoms with Crippen molar-refractivity contribution in [1.29, 1.82) is 0 Å². The Kier molecular flexibility index (Phi) is 4.53. The lowest BCUT2D eigenvalue weighted by Gasteiger charge is -2.11. The van der Waals surface area contributed by atoms with E-state index in [2.05, 4.69) is 26.2 Å². The molecule has 0 spiro atoms. The fraction of sp³-hybridized carbons (Fsp3) is 0.0769. The van der Waals surface area contributed by atoms with Gasteiger partial charge in [-0.05, 0) is 30.3 Å². The third-order valence-electron chi connectivity index (χ3n) is 2.50. The summed E-state index contributed by atoms with van der Waals surface area (Å²) in [6.45, 7) is 0. The number of halogens is 5. The maximum absolute atomic E-state index is 12.8. The van der Waals surface area contributed by atoms with Crippen LogP contribution in [0.2, 0.25) is 5.02 Å². The van der Waals surface area contributed by atoms with Crippen LogP contribution < -0.4 is 5.32 Å². The summed E-state index contributed by atoms with van der Waals surface area (Å²) < 4.78 is 38.2. The highest BCUT2D eigenvalue weighted by molar-refractivity contribution is 9.10. The molecule has 0 radical (unpaired) electrons. The lowest BCUT2D eigenvalue weighted by Crippen LogP contribution is -2.15. The predicted molar refractivity (Wildman–Crippen MR) is 76.3 cm³/mol. The first-order valence-corrected chi connectivity index (χ1v) is 6.74. The molecule has 1 amide bonds. The van der Waals surface area contributed by atoms with E-state index >= 15 is 0 Å². The zero-order chi connectivity index (χ0) is 15.6. The Labute approximate surface area is 131 Å². The van der Waals surface area contributed by atoms with E-state index in [1.165, 1.54) is 30.5 Å². The molecule has 110 valence electrons. The number of aromatic nitrogens is 1. The van der Waals surface area contributed by atoms with Gasteiger partial charge in [0.05, 0.1) is 5.56 Å². The van der Waals surface area contributed by atoms with Crippen molar-refractivity contribution in [2.75, 3.05) is 5.32 Å². The van der Waals surface area contributed by atoms with Gasteiger partial charge in [0.1, 0.15) is 5.82 Å². The van der Waals surface area contributed by atoms with Gasteiger partial charge in [-0.2, -0.15) is 13.2 Å². The van der Waals surface area contributed by atoms with Crippen LogP contribution in [0.15, 0.2) is 41.0 Å². The smallest absolute Gasteiger partial charge is 0.307 e. The number of pyridine rings is 1. The lowest BCUT2D eigenvalue weighted by molar-refractivity contribution is -0.138. The number of hydrogen-bond acceptors (Lipinski definition) is 2. The number of nitrogens with zero attached hydrogens (tertiary/aromatic N) is 1. The van der Waals surface area contributed by atoms with E-state index < -0.39 is 17.6 Å². The number of benzene rings is 1. The molecule has 1 aromatic heterocycles. The van der Waals surface area contributed by atoms with Crippen LogP contribution in [0.4, 0.5) is 19.0 Å². The van der Waals surface area contributed by atoms with Gasteiger partial charge in [-0.1, -0.05) is 27.5 Å². The molecule has 0 aliphatic heterocycles. The van der Waals surface area contributed by atoms with Gasteiger partial charge in [-0.3, -0.25) is 4.79 Å². The van der Waals surface area contributed by atoms with Crippen molar-refractivity contribution in [1.82, 2.24) is 4.98 Å². The van der Waals surface area contributed by atoms with Gasteiger partial charge in [0.25, 0.3) is 5.91 Å². The third kappa shape index (κ3) is 3.95. The fourth-order valence-electron chi connectivity index (χ4n) is 1.55. The molecule has 21 heavy (non-hydrogen) atoms. The molecule has 1 aromatic carbocycles. The van der Waals surface area contributed by atoms with Crippen molar-refractivity contribution in [3.8, 4) is 0 Å². The largest absolute Gasteiger partial charge is 0.417 e. The summed E-state index contributed by atoms with van der Waals surface area (Å²) in [5, 5.41) is 2.73. The molecule has 1 N–H and O–H groups in total. The number of carbonyl (C=O) groups excluding carboxylic acids is 1. The van der Waals surface area contributed by atoms with Crippen molar-refractivity contribution in [2.45, 2.75) is 6.18 Å². The van der Waals surface area contributed by atoms with E-state index in [0.29, 0.717) is 5.02 Å². The minimum Gasteiger partial charge on any atom is -0.307 e. The van der Waals surface area contributed by atoms with Crippen molar-refractivity contribution in [2.24, 2.45) is 0 Å². The van der Waals surface area contributed by atoms with E-state index in [0.717, 1.165) is 6.07 Å². The Morgan fingerprint density at radius 1 is 1.24 bits per heavy atom. The second kappa shape index (κ2) is 6.03. The zero-order valence-corrected chi connectivity index (χ0v) is 12.6. The second-order valence-electron chi connectivity index (χ2n) is 4.01. The maximum atomic E-state index is 12.8. The van der Waals surface area contributed by atoms with Gasteiger partial charge < -0.3 is 5.32 Å². The third-order valence-corrected chi connectivity index (χ3v) is 3.42. The molecule has 0 atom stereocenters. The summed E-state index contributed by atoms with van der Waals surface area (Å²) in [4.78, 5) is 15.8. The van der Waals surface area contributed by atoms with Crippen LogP contribution in [0, 0.1) is 0 Å². The summed E-state index contributed by atoms with van der Waals surface area (Å²) in [6.07, 6.45) is -3.18. The normalized spacial score (nSPS) is 11.3. The van der Waals surface area contributed by atoms with Gasteiger partial charge in [0, 0.05) is 21.3 Å². The molecule has 0 saturated heterocycles. The highest BCUT2D eigenvalue weighted by Crippen LogP contribution is 2.35. The first-order chi connectivity index (χ1) is 9.77. The zero-order valence-electron chi connectivity index (χ0n) is 10.2. The molecule has 0 unspecified atom stereocenters. The Morgan fingerprint density at radius 2 is 1.95 bits per heavy atom. The van der Waals surface area contributed by atoms with E-state index in [1.54, 1.807) is 0 Å². The molecule has 2 rings (SSSR count). The van der Waals surface area contributed by atoms with Crippen LogP contribution >= 0.6 is 27.5 Å². The van der Waals surface area contributed by atoms with Gasteiger partial charge in [-0.25, -0.2) is 4.98 Å². The summed E-state index contributed by atoms with van der Waals surface area (Å²) in [6, 6.07) is 6.12. The molecule has 0 fully saturated rings. The molecule has 0 aliphatic rings. The van der Waals surface area contributed by atoms with Gasteiger partial charge in [0.15, 0.2) is 0 Å². The Bertz CT molecular complexity index is 691. The lowest BCUT2D eigenvalue weighted by atomic mass is 10.1. The maximum Gasteiger partial charge on any atom is 0.417 e. The molecule has 0 bridgehead atoms. The van der Waals surface area contributed by atoms with Crippen LogP contribution in [0.25, 0.3) is 0 Å².